The average Bonchev–Trinajstić information content (AvgIpc) is 2.47. The fraction of sp³-hybridized carbons (Fsp3) is 0.125. The maximum atomic E-state index is 10.9. The predicted octanol–water partition coefficient (Wildman–Crippen LogP) is 0.966. The number of carbonyl (C=O) groups excluding carboxylic acids is 1. The maximum absolute atomic E-state index is 10.9. The van der Waals surface area contributed by atoms with Crippen LogP contribution >= 0.6 is 15.9 Å². The highest BCUT2D eigenvalue weighted by molar-refractivity contribution is 9.10. The Bertz CT molecular complexity index is 400. The van der Waals surface area contributed by atoms with Crippen LogP contribution in [0.25, 0.3) is 0 Å². The summed E-state index contributed by atoms with van der Waals surface area (Å²) in [5.74, 6) is 0.254. The molecule has 1 aliphatic heterocycles. The van der Waals surface area contributed by atoms with E-state index in [2.05, 4.69) is 31.2 Å². The number of pyridine rings is 1. The first-order chi connectivity index (χ1) is 6.66. The fourth-order valence-electron chi connectivity index (χ4n) is 1.19. The van der Waals surface area contributed by atoms with Crippen molar-refractivity contribution in [1.29, 1.82) is 0 Å². The van der Waals surface area contributed by atoms with Crippen LogP contribution in [0.2, 0.25) is 0 Å². The molecule has 0 saturated carbocycles. The van der Waals surface area contributed by atoms with E-state index in [9.17, 15) is 4.79 Å². The Morgan fingerprint density at radius 1 is 1.50 bits per heavy atom. The van der Waals surface area contributed by atoms with E-state index in [4.69, 9.17) is 5.73 Å². The van der Waals surface area contributed by atoms with Crippen molar-refractivity contribution in [3.05, 3.63) is 28.5 Å². The molecule has 14 heavy (non-hydrogen) atoms. The summed E-state index contributed by atoms with van der Waals surface area (Å²) in [6, 6.07) is 2.80. The topological polar surface area (TPSA) is 80.4 Å². The molecule has 1 unspecified atom stereocenters. The number of hydrogen-bond acceptors (Lipinski definition) is 3. The predicted molar refractivity (Wildman–Crippen MR) is 54.8 cm³/mol. The summed E-state index contributed by atoms with van der Waals surface area (Å²) in [4.78, 5) is 18.6. The van der Waals surface area contributed by atoms with Gasteiger partial charge in [0.15, 0.2) is 0 Å². The number of halogens is 1. The van der Waals surface area contributed by atoms with Crippen LogP contribution in [-0.2, 0) is 0 Å². The second-order valence-corrected chi connectivity index (χ2v) is 3.74. The number of urea groups is 1. The minimum atomic E-state index is -0.419. The molecule has 2 amide bonds. The Morgan fingerprint density at radius 2 is 2.29 bits per heavy atom. The average molecular weight is 255 g/mol. The smallest absolute Gasteiger partial charge is 0.343 e. The second kappa shape index (κ2) is 3.38. The van der Waals surface area contributed by atoms with Crippen LogP contribution < -0.4 is 11.1 Å². The number of aromatic nitrogens is 1. The lowest BCUT2D eigenvalue weighted by Gasteiger charge is -2.08. The Kier molecular flexibility index (Phi) is 2.20. The van der Waals surface area contributed by atoms with Gasteiger partial charge in [0.25, 0.3) is 0 Å². The summed E-state index contributed by atoms with van der Waals surface area (Å²) in [5, 5.41) is 2.59. The lowest BCUT2D eigenvalue weighted by atomic mass is 10.2. The second-order valence-electron chi connectivity index (χ2n) is 2.82. The molecule has 1 atom stereocenters. The minimum Gasteiger partial charge on any atom is -0.385 e. The van der Waals surface area contributed by atoms with Gasteiger partial charge in [0.1, 0.15) is 11.9 Å². The first-order valence-corrected chi connectivity index (χ1v) is 4.72. The number of amidine groups is 1. The van der Waals surface area contributed by atoms with Gasteiger partial charge in [-0.05, 0) is 28.1 Å². The van der Waals surface area contributed by atoms with E-state index in [0.29, 0.717) is 5.69 Å². The van der Waals surface area contributed by atoms with Crippen LogP contribution in [0, 0.1) is 0 Å². The van der Waals surface area contributed by atoms with E-state index in [1.807, 2.05) is 6.07 Å². The molecular weight excluding hydrogens is 248 g/mol. The third-order valence-electron chi connectivity index (χ3n) is 1.84. The Morgan fingerprint density at radius 3 is 2.79 bits per heavy atom. The molecule has 2 rings (SSSR count). The zero-order valence-corrected chi connectivity index (χ0v) is 8.65. The molecule has 3 N–H and O–H groups in total. The van der Waals surface area contributed by atoms with Crippen LogP contribution in [0.4, 0.5) is 4.79 Å². The van der Waals surface area contributed by atoms with Gasteiger partial charge in [0.05, 0.1) is 5.69 Å². The summed E-state index contributed by atoms with van der Waals surface area (Å²) in [6.45, 7) is 0. The summed E-state index contributed by atoms with van der Waals surface area (Å²) < 4.78 is 0.876. The van der Waals surface area contributed by atoms with Gasteiger partial charge < -0.3 is 11.1 Å². The third kappa shape index (κ3) is 1.60. The van der Waals surface area contributed by atoms with Gasteiger partial charge in [-0.1, -0.05) is 0 Å². The molecule has 6 heteroatoms. The molecule has 2 heterocycles. The van der Waals surface area contributed by atoms with Crippen LogP contribution in [0.15, 0.2) is 27.8 Å². The molecule has 0 aromatic carbocycles. The van der Waals surface area contributed by atoms with Gasteiger partial charge in [-0.2, -0.15) is 4.99 Å². The highest BCUT2D eigenvalue weighted by atomic mass is 79.9. The molecule has 0 aliphatic carbocycles. The van der Waals surface area contributed by atoms with Gasteiger partial charge in [-0.15, -0.1) is 0 Å². The zero-order chi connectivity index (χ0) is 10.1. The molecule has 5 nitrogen and oxygen atoms in total. The maximum Gasteiger partial charge on any atom is 0.343 e. The van der Waals surface area contributed by atoms with Gasteiger partial charge in [-0.3, -0.25) is 4.98 Å². The lowest BCUT2D eigenvalue weighted by molar-refractivity contribution is 0.250. The van der Waals surface area contributed by atoms with Crippen molar-refractivity contribution in [2.45, 2.75) is 6.04 Å². The van der Waals surface area contributed by atoms with Crippen molar-refractivity contribution in [3.63, 3.8) is 0 Å². The Balaban J connectivity index is 2.29. The van der Waals surface area contributed by atoms with Gasteiger partial charge >= 0.3 is 6.03 Å². The van der Waals surface area contributed by atoms with Gasteiger partial charge in [0, 0.05) is 10.7 Å². The van der Waals surface area contributed by atoms with Crippen molar-refractivity contribution < 1.29 is 4.79 Å². The van der Waals surface area contributed by atoms with Crippen LogP contribution in [-0.4, -0.2) is 16.9 Å². The minimum absolute atomic E-state index is 0.254. The van der Waals surface area contributed by atoms with Crippen molar-refractivity contribution in [2.75, 3.05) is 0 Å². The number of nitrogens with zero attached hydrogens (tertiary/aromatic N) is 2. The summed E-state index contributed by atoms with van der Waals surface area (Å²) in [7, 11) is 0. The van der Waals surface area contributed by atoms with Crippen molar-refractivity contribution in [2.24, 2.45) is 10.7 Å². The number of rotatable bonds is 1. The molecule has 1 aromatic rings. The molecule has 0 bridgehead atoms. The molecule has 72 valence electrons. The summed E-state index contributed by atoms with van der Waals surface area (Å²) in [6.07, 6.45) is 1.65. The van der Waals surface area contributed by atoms with E-state index < -0.39 is 12.1 Å². The number of amides is 2. The molecule has 0 fully saturated rings. The van der Waals surface area contributed by atoms with Crippen molar-refractivity contribution in [3.8, 4) is 0 Å². The highest BCUT2D eigenvalue weighted by Gasteiger charge is 2.25. The van der Waals surface area contributed by atoms with Crippen molar-refractivity contribution in [1.82, 2.24) is 10.3 Å². The van der Waals surface area contributed by atoms with E-state index in [0.717, 1.165) is 4.47 Å². The summed E-state index contributed by atoms with van der Waals surface area (Å²) >= 11 is 3.27. The molecule has 1 aromatic heterocycles. The number of nitrogens with two attached hydrogens (primary N) is 1. The molecule has 1 aliphatic rings. The number of aliphatic imine (C=N–C) groups is 1. The molecule has 0 saturated heterocycles. The lowest BCUT2D eigenvalue weighted by Crippen LogP contribution is -2.28. The van der Waals surface area contributed by atoms with Crippen LogP contribution in [0.1, 0.15) is 11.7 Å². The Hall–Kier alpha value is -1.43. The largest absolute Gasteiger partial charge is 0.385 e. The quantitative estimate of drug-likeness (QED) is 0.784. The summed E-state index contributed by atoms with van der Waals surface area (Å²) in [5.41, 5.74) is 6.24. The van der Waals surface area contributed by atoms with E-state index in [1.165, 1.54) is 0 Å². The third-order valence-corrected chi connectivity index (χ3v) is 2.31. The van der Waals surface area contributed by atoms with Gasteiger partial charge in [-0.25, -0.2) is 4.79 Å². The van der Waals surface area contributed by atoms with E-state index >= 15 is 0 Å². The fourth-order valence-corrected chi connectivity index (χ4v) is 1.43. The highest BCUT2D eigenvalue weighted by Crippen LogP contribution is 2.16. The number of nitrogens with one attached hydrogen (secondary N) is 1. The first-order valence-electron chi connectivity index (χ1n) is 3.93. The normalized spacial score (nSPS) is 20.5. The zero-order valence-electron chi connectivity index (χ0n) is 7.07. The first kappa shape index (κ1) is 9.14. The Labute approximate surface area is 88.6 Å². The number of carbonyl (C=O) groups is 1. The van der Waals surface area contributed by atoms with Crippen molar-refractivity contribution >= 4 is 27.8 Å². The molecule has 0 radical (unpaired) electrons. The molecular formula is C8H7BrN4O. The SMILES string of the molecule is NC1=NC(=O)NC1c1ccc(Br)cn1. The monoisotopic (exact) mass is 254 g/mol. The van der Waals surface area contributed by atoms with Gasteiger partial charge in [0.2, 0.25) is 0 Å². The van der Waals surface area contributed by atoms with E-state index in [-0.39, 0.29) is 5.84 Å². The number of hydrogen-bond donors (Lipinski definition) is 2. The van der Waals surface area contributed by atoms with E-state index in [1.54, 1.807) is 12.3 Å². The van der Waals surface area contributed by atoms with Crippen LogP contribution in [0.5, 0.6) is 0 Å². The van der Waals surface area contributed by atoms with Crippen LogP contribution in [0.3, 0.4) is 0 Å². The standard InChI is InChI=1S/C8H7BrN4O/c9-4-1-2-5(11-3-4)6-7(10)13-8(14)12-6/h1-3,6H,(H3,10,12,13,14). The molecule has 0 spiro atoms.